The van der Waals surface area contributed by atoms with E-state index in [1.165, 1.54) is 18.1 Å². The Kier molecular flexibility index (Phi) is 5.26. The molecule has 0 aliphatic heterocycles. The molecule has 0 amide bonds. The summed E-state index contributed by atoms with van der Waals surface area (Å²) in [5.74, 6) is 0.538. The van der Waals surface area contributed by atoms with Gasteiger partial charge in [-0.15, -0.1) is 0 Å². The number of hydrogen-bond donors (Lipinski definition) is 1. The average molecular weight is 292 g/mol. The third-order valence-corrected chi connectivity index (χ3v) is 5.29. The van der Waals surface area contributed by atoms with Crippen LogP contribution in [0.25, 0.3) is 0 Å². The van der Waals surface area contributed by atoms with E-state index in [1.807, 2.05) is 13.0 Å². The monoisotopic (exact) mass is 292 g/mol. The summed E-state index contributed by atoms with van der Waals surface area (Å²) in [6, 6.07) is 0. The highest BCUT2D eigenvalue weighted by Crippen LogP contribution is 2.54. The number of fused-ring (bicyclic) bond motifs is 1. The number of esters is 1. The van der Waals surface area contributed by atoms with Crippen LogP contribution in [-0.2, 0) is 9.53 Å². The van der Waals surface area contributed by atoms with Crippen molar-refractivity contribution in [2.45, 2.75) is 59.0 Å². The van der Waals surface area contributed by atoms with Crippen LogP contribution in [0.2, 0.25) is 0 Å². The Morgan fingerprint density at radius 1 is 1.62 bits per heavy atom. The predicted octanol–water partition coefficient (Wildman–Crippen LogP) is 3.63. The molecule has 0 bridgehead atoms. The number of aliphatic hydroxyl groups excluding tert-OH is 1. The van der Waals surface area contributed by atoms with E-state index in [0.29, 0.717) is 18.4 Å². The minimum Gasteiger partial charge on any atom is -0.463 e. The van der Waals surface area contributed by atoms with Crippen molar-refractivity contribution in [3.63, 3.8) is 0 Å². The second-order valence-corrected chi connectivity index (χ2v) is 6.67. The Morgan fingerprint density at radius 2 is 2.38 bits per heavy atom. The first kappa shape index (κ1) is 16.3. The molecule has 4 atom stereocenters. The third kappa shape index (κ3) is 3.39. The fourth-order valence-electron chi connectivity index (χ4n) is 4.20. The van der Waals surface area contributed by atoms with Crippen molar-refractivity contribution >= 4 is 5.97 Å². The smallest absolute Gasteiger partial charge is 0.330 e. The highest BCUT2D eigenvalue weighted by molar-refractivity contribution is 5.81. The quantitative estimate of drug-likeness (QED) is 0.478. The number of carbonyl (C=O) groups excluding carboxylic acids is 1. The number of ether oxygens (including phenoxy) is 1. The van der Waals surface area contributed by atoms with E-state index in [4.69, 9.17) is 4.74 Å². The van der Waals surface area contributed by atoms with Crippen LogP contribution in [-0.4, -0.2) is 23.8 Å². The van der Waals surface area contributed by atoms with Gasteiger partial charge in [0.2, 0.25) is 0 Å². The Labute approximate surface area is 128 Å². The van der Waals surface area contributed by atoms with Crippen molar-refractivity contribution in [1.82, 2.24) is 0 Å². The number of rotatable bonds is 5. The standard InChI is InChI=1S/C18H28O3/c1-4-21-17(20)9-5-7-13(2)14-10-11-15-16(19)8-6-12-18(14,15)3/h5,9-10,13,15-16,19H,4,6-8,11-12H2,1-3H3/b9-5+/t13-,15-,16-,18+/m0/s1. The molecule has 0 aromatic rings. The van der Waals surface area contributed by atoms with Crippen LogP contribution in [0.1, 0.15) is 52.9 Å². The molecule has 1 N–H and O–H groups in total. The fourth-order valence-corrected chi connectivity index (χ4v) is 4.20. The van der Waals surface area contributed by atoms with Crippen molar-refractivity contribution in [2.24, 2.45) is 17.3 Å². The van der Waals surface area contributed by atoms with Crippen LogP contribution in [0.3, 0.4) is 0 Å². The summed E-state index contributed by atoms with van der Waals surface area (Å²) in [6.07, 6.45) is 10.7. The van der Waals surface area contributed by atoms with Gasteiger partial charge in [-0.05, 0) is 56.3 Å². The summed E-state index contributed by atoms with van der Waals surface area (Å²) in [4.78, 5) is 11.3. The first-order valence-electron chi connectivity index (χ1n) is 8.21. The first-order chi connectivity index (χ1) is 9.99. The van der Waals surface area contributed by atoms with Gasteiger partial charge in [0, 0.05) is 6.08 Å². The molecule has 0 heterocycles. The Bertz CT molecular complexity index is 438. The van der Waals surface area contributed by atoms with Crippen molar-refractivity contribution in [1.29, 1.82) is 0 Å². The molecule has 0 aromatic carbocycles. The lowest BCUT2D eigenvalue weighted by molar-refractivity contribution is -0.137. The molecule has 0 saturated heterocycles. The summed E-state index contributed by atoms with van der Waals surface area (Å²) < 4.78 is 4.90. The molecule has 2 aliphatic carbocycles. The highest BCUT2D eigenvalue weighted by Gasteiger charge is 2.47. The van der Waals surface area contributed by atoms with Crippen LogP contribution in [0.15, 0.2) is 23.8 Å². The minimum atomic E-state index is -0.262. The molecule has 2 aliphatic rings. The second-order valence-electron chi connectivity index (χ2n) is 6.67. The lowest BCUT2D eigenvalue weighted by atomic mass is 9.63. The molecule has 0 radical (unpaired) electrons. The topological polar surface area (TPSA) is 46.5 Å². The molecule has 2 rings (SSSR count). The number of allylic oxidation sites excluding steroid dienone is 3. The van der Waals surface area contributed by atoms with E-state index in [9.17, 15) is 9.90 Å². The number of aliphatic hydroxyl groups is 1. The zero-order valence-electron chi connectivity index (χ0n) is 13.5. The van der Waals surface area contributed by atoms with E-state index >= 15 is 0 Å². The molecule has 118 valence electrons. The highest BCUT2D eigenvalue weighted by atomic mass is 16.5. The van der Waals surface area contributed by atoms with E-state index in [-0.39, 0.29) is 17.5 Å². The lowest BCUT2D eigenvalue weighted by Crippen LogP contribution is -2.39. The summed E-state index contributed by atoms with van der Waals surface area (Å²) in [5.41, 5.74) is 1.62. The molecular weight excluding hydrogens is 264 g/mol. The summed E-state index contributed by atoms with van der Waals surface area (Å²) in [6.45, 7) is 6.76. The van der Waals surface area contributed by atoms with Crippen molar-refractivity contribution < 1.29 is 14.6 Å². The van der Waals surface area contributed by atoms with Gasteiger partial charge < -0.3 is 9.84 Å². The van der Waals surface area contributed by atoms with E-state index in [0.717, 1.165) is 25.7 Å². The minimum absolute atomic E-state index is 0.148. The largest absolute Gasteiger partial charge is 0.463 e. The number of carbonyl (C=O) groups is 1. The summed E-state index contributed by atoms with van der Waals surface area (Å²) in [5, 5.41) is 10.2. The van der Waals surface area contributed by atoms with Gasteiger partial charge in [-0.25, -0.2) is 4.79 Å². The van der Waals surface area contributed by atoms with Gasteiger partial charge in [0.15, 0.2) is 0 Å². The van der Waals surface area contributed by atoms with Crippen LogP contribution < -0.4 is 0 Å². The maximum atomic E-state index is 11.3. The van der Waals surface area contributed by atoms with Crippen molar-refractivity contribution in [3.8, 4) is 0 Å². The molecular formula is C18H28O3. The Balaban J connectivity index is 1.97. The SMILES string of the molecule is CCOC(=O)/C=C/C[C@H](C)C1=CC[C@H]2[C@@H](O)CCC[C@]12C. The van der Waals surface area contributed by atoms with E-state index in [2.05, 4.69) is 19.9 Å². The van der Waals surface area contributed by atoms with Gasteiger partial charge in [0.25, 0.3) is 0 Å². The molecule has 3 heteroatoms. The molecule has 21 heavy (non-hydrogen) atoms. The zero-order chi connectivity index (χ0) is 15.5. The summed E-state index contributed by atoms with van der Waals surface area (Å²) >= 11 is 0. The van der Waals surface area contributed by atoms with E-state index < -0.39 is 0 Å². The molecule has 0 spiro atoms. The average Bonchev–Trinajstić information content (AvgIpc) is 2.77. The molecule has 0 unspecified atom stereocenters. The maximum Gasteiger partial charge on any atom is 0.330 e. The molecule has 0 aromatic heterocycles. The van der Waals surface area contributed by atoms with Crippen LogP contribution in [0.5, 0.6) is 0 Å². The van der Waals surface area contributed by atoms with E-state index in [1.54, 1.807) is 0 Å². The van der Waals surface area contributed by atoms with Crippen LogP contribution in [0.4, 0.5) is 0 Å². The van der Waals surface area contributed by atoms with Gasteiger partial charge in [-0.3, -0.25) is 0 Å². The van der Waals surface area contributed by atoms with Crippen molar-refractivity contribution in [2.75, 3.05) is 6.61 Å². The second kappa shape index (κ2) is 6.78. The van der Waals surface area contributed by atoms with Gasteiger partial charge >= 0.3 is 5.97 Å². The normalized spacial score (nSPS) is 33.6. The van der Waals surface area contributed by atoms with Gasteiger partial charge in [0.1, 0.15) is 0 Å². The van der Waals surface area contributed by atoms with Crippen molar-refractivity contribution in [3.05, 3.63) is 23.8 Å². The molecule has 3 nitrogen and oxygen atoms in total. The third-order valence-electron chi connectivity index (χ3n) is 5.29. The maximum absolute atomic E-state index is 11.3. The fraction of sp³-hybridized carbons (Fsp3) is 0.722. The van der Waals surface area contributed by atoms with Crippen LogP contribution in [0, 0.1) is 17.3 Å². The molecule has 1 saturated carbocycles. The first-order valence-corrected chi connectivity index (χ1v) is 8.21. The van der Waals surface area contributed by atoms with Gasteiger partial charge in [-0.2, -0.15) is 0 Å². The van der Waals surface area contributed by atoms with Gasteiger partial charge in [-0.1, -0.05) is 31.6 Å². The zero-order valence-corrected chi connectivity index (χ0v) is 13.5. The molecule has 1 fully saturated rings. The summed E-state index contributed by atoms with van der Waals surface area (Å²) in [7, 11) is 0. The predicted molar refractivity (Wildman–Crippen MR) is 83.7 cm³/mol. The Hall–Kier alpha value is -1.09. The lowest BCUT2D eigenvalue weighted by Gasteiger charge is -2.43. The van der Waals surface area contributed by atoms with Gasteiger partial charge in [0.05, 0.1) is 12.7 Å². The Morgan fingerprint density at radius 3 is 3.10 bits per heavy atom. The number of hydrogen-bond acceptors (Lipinski definition) is 3. The van der Waals surface area contributed by atoms with Crippen LogP contribution >= 0.6 is 0 Å².